The van der Waals surface area contributed by atoms with Gasteiger partial charge >= 0.3 is 0 Å². The van der Waals surface area contributed by atoms with Gasteiger partial charge in [-0.05, 0) is 13.8 Å². The molecule has 0 amide bonds. The zero-order valence-electron chi connectivity index (χ0n) is 6.78. The standard InChI is InChI=1S/C7H14O4/c1-7(2)10-4-6(11-7)5(9)3-8/h5-6,8-9H,3-4H2,1-2H3/t5-,6-/m0/s1. The largest absolute Gasteiger partial charge is 0.394 e. The first kappa shape index (κ1) is 8.93. The second-order valence-electron chi connectivity index (χ2n) is 3.12. The van der Waals surface area contributed by atoms with Crippen molar-refractivity contribution in [1.82, 2.24) is 0 Å². The summed E-state index contributed by atoms with van der Waals surface area (Å²) in [5.41, 5.74) is 0. The topological polar surface area (TPSA) is 58.9 Å². The fraction of sp³-hybridized carbons (Fsp3) is 1.00. The Hall–Kier alpha value is -0.160. The molecular formula is C7H14O4. The summed E-state index contributed by atoms with van der Waals surface area (Å²) in [4.78, 5) is 0. The summed E-state index contributed by atoms with van der Waals surface area (Å²) in [5, 5.41) is 17.7. The molecule has 0 radical (unpaired) electrons. The monoisotopic (exact) mass is 162 g/mol. The van der Waals surface area contributed by atoms with Gasteiger partial charge in [0.25, 0.3) is 0 Å². The van der Waals surface area contributed by atoms with E-state index in [1.165, 1.54) is 0 Å². The average Bonchev–Trinajstić information content (AvgIpc) is 2.29. The molecule has 0 aromatic heterocycles. The van der Waals surface area contributed by atoms with E-state index in [4.69, 9.17) is 19.7 Å². The summed E-state index contributed by atoms with van der Waals surface area (Å²) in [7, 11) is 0. The summed E-state index contributed by atoms with van der Waals surface area (Å²) < 4.78 is 10.5. The van der Waals surface area contributed by atoms with Gasteiger partial charge in [0.15, 0.2) is 5.79 Å². The van der Waals surface area contributed by atoms with E-state index in [0.29, 0.717) is 6.61 Å². The molecule has 1 aliphatic heterocycles. The molecule has 1 saturated heterocycles. The molecule has 1 aliphatic rings. The maximum absolute atomic E-state index is 9.13. The minimum Gasteiger partial charge on any atom is -0.394 e. The predicted octanol–water partition coefficient (Wildman–Crippen LogP) is -0.509. The molecule has 0 aliphatic carbocycles. The first-order chi connectivity index (χ1) is 5.05. The predicted molar refractivity (Wildman–Crippen MR) is 38.0 cm³/mol. The molecule has 0 spiro atoms. The van der Waals surface area contributed by atoms with Crippen molar-refractivity contribution in [2.24, 2.45) is 0 Å². The molecule has 0 aromatic carbocycles. The van der Waals surface area contributed by atoms with E-state index >= 15 is 0 Å². The van der Waals surface area contributed by atoms with Crippen molar-refractivity contribution >= 4 is 0 Å². The van der Waals surface area contributed by atoms with E-state index < -0.39 is 18.0 Å². The van der Waals surface area contributed by atoms with E-state index in [2.05, 4.69) is 0 Å². The third kappa shape index (κ3) is 2.13. The lowest BCUT2D eigenvalue weighted by Gasteiger charge is -2.18. The van der Waals surface area contributed by atoms with Gasteiger partial charge in [0.1, 0.15) is 12.2 Å². The Bertz CT molecular complexity index is 134. The van der Waals surface area contributed by atoms with Gasteiger partial charge in [-0.2, -0.15) is 0 Å². The fourth-order valence-electron chi connectivity index (χ4n) is 1.02. The molecule has 0 aromatic rings. The van der Waals surface area contributed by atoms with E-state index in [9.17, 15) is 0 Å². The minimum atomic E-state index is -0.836. The molecule has 2 N–H and O–H groups in total. The highest BCUT2D eigenvalue weighted by atomic mass is 16.7. The Labute approximate surface area is 65.7 Å². The van der Waals surface area contributed by atoms with Crippen LogP contribution in [0.4, 0.5) is 0 Å². The van der Waals surface area contributed by atoms with Crippen LogP contribution in [0.15, 0.2) is 0 Å². The normalized spacial score (nSPS) is 32.2. The first-order valence-electron chi connectivity index (χ1n) is 3.66. The minimum absolute atomic E-state index is 0.288. The van der Waals surface area contributed by atoms with Crippen LogP contribution in [0, 0.1) is 0 Å². The van der Waals surface area contributed by atoms with Gasteiger partial charge in [-0.1, -0.05) is 0 Å². The van der Waals surface area contributed by atoms with Crippen LogP contribution in [-0.4, -0.2) is 41.4 Å². The van der Waals surface area contributed by atoms with Gasteiger partial charge in [0.05, 0.1) is 13.2 Å². The molecule has 66 valence electrons. The van der Waals surface area contributed by atoms with E-state index in [1.807, 2.05) is 0 Å². The Morgan fingerprint density at radius 3 is 2.64 bits per heavy atom. The van der Waals surface area contributed by atoms with Crippen molar-refractivity contribution in [3.63, 3.8) is 0 Å². The second-order valence-corrected chi connectivity index (χ2v) is 3.12. The maximum Gasteiger partial charge on any atom is 0.163 e. The van der Waals surface area contributed by atoms with Gasteiger partial charge in [0.2, 0.25) is 0 Å². The molecular weight excluding hydrogens is 148 g/mol. The lowest BCUT2D eigenvalue weighted by Crippen LogP contribution is -2.33. The van der Waals surface area contributed by atoms with Gasteiger partial charge in [0, 0.05) is 0 Å². The van der Waals surface area contributed by atoms with Crippen LogP contribution in [0.3, 0.4) is 0 Å². The summed E-state index contributed by atoms with van der Waals surface area (Å²) in [6.45, 7) is 3.60. The van der Waals surface area contributed by atoms with Crippen molar-refractivity contribution < 1.29 is 19.7 Å². The quantitative estimate of drug-likeness (QED) is 0.574. The van der Waals surface area contributed by atoms with Gasteiger partial charge < -0.3 is 19.7 Å². The zero-order valence-corrected chi connectivity index (χ0v) is 6.78. The molecule has 2 atom stereocenters. The van der Waals surface area contributed by atoms with Crippen molar-refractivity contribution in [1.29, 1.82) is 0 Å². The van der Waals surface area contributed by atoms with Crippen molar-refractivity contribution in [2.45, 2.75) is 31.8 Å². The molecule has 11 heavy (non-hydrogen) atoms. The number of hydrogen-bond donors (Lipinski definition) is 2. The Balaban J connectivity index is 2.41. The lowest BCUT2D eigenvalue weighted by molar-refractivity contribution is -0.153. The number of ether oxygens (including phenoxy) is 2. The van der Waals surface area contributed by atoms with Gasteiger partial charge in [-0.15, -0.1) is 0 Å². The number of aliphatic hydroxyl groups is 2. The first-order valence-corrected chi connectivity index (χ1v) is 3.66. The molecule has 0 saturated carbocycles. The third-order valence-electron chi connectivity index (χ3n) is 1.65. The van der Waals surface area contributed by atoms with E-state index in [-0.39, 0.29) is 6.61 Å². The van der Waals surface area contributed by atoms with Crippen LogP contribution in [0.25, 0.3) is 0 Å². The molecule has 0 unspecified atom stereocenters. The Morgan fingerprint density at radius 2 is 2.27 bits per heavy atom. The van der Waals surface area contributed by atoms with E-state index in [1.54, 1.807) is 13.8 Å². The van der Waals surface area contributed by atoms with Gasteiger partial charge in [-0.25, -0.2) is 0 Å². The number of aliphatic hydroxyl groups excluding tert-OH is 2. The highest BCUT2D eigenvalue weighted by Crippen LogP contribution is 2.23. The van der Waals surface area contributed by atoms with Crippen LogP contribution in [0.1, 0.15) is 13.8 Å². The maximum atomic E-state index is 9.13. The summed E-state index contributed by atoms with van der Waals surface area (Å²) in [5.74, 6) is -0.624. The van der Waals surface area contributed by atoms with Crippen LogP contribution in [0.2, 0.25) is 0 Å². The van der Waals surface area contributed by atoms with Crippen molar-refractivity contribution in [3.8, 4) is 0 Å². The highest BCUT2D eigenvalue weighted by molar-refractivity contribution is 4.76. The molecule has 1 rings (SSSR count). The molecule has 0 bridgehead atoms. The zero-order chi connectivity index (χ0) is 8.48. The number of hydrogen-bond acceptors (Lipinski definition) is 4. The highest BCUT2D eigenvalue weighted by Gasteiger charge is 2.36. The Morgan fingerprint density at radius 1 is 1.64 bits per heavy atom. The molecule has 4 nitrogen and oxygen atoms in total. The summed E-state index contributed by atoms with van der Waals surface area (Å²) in [6.07, 6.45) is -1.23. The smallest absolute Gasteiger partial charge is 0.163 e. The molecule has 4 heteroatoms. The molecule has 1 fully saturated rings. The Kier molecular flexibility index (Phi) is 2.49. The van der Waals surface area contributed by atoms with E-state index in [0.717, 1.165) is 0 Å². The lowest BCUT2D eigenvalue weighted by atomic mass is 10.2. The molecule has 1 heterocycles. The average molecular weight is 162 g/mol. The second kappa shape index (κ2) is 3.06. The summed E-state index contributed by atoms with van der Waals surface area (Å²) in [6, 6.07) is 0. The van der Waals surface area contributed by atoms with Crippen molar-refractivity contribution in [2.75, 3.05) is 13.2 Å². The SMILES string of the molecule is CC1(C)OC[C@@H]([C@@H](O)CO)O1. The van der Waals surface area contributed by atoms with Crippen LogP contribution in [0.5, 0.6) is 0 Å². The van der Waals surface area contributed by atoms with Gasteiger partial charge in [-0.3, -0.25) is 0 Å². The number of rotatable bonds is 2. The van der Waals surface area contributed by atoms with Crippen LogP contribution < -0.4 is 0 Å². The third-order valence-corrected chi connectivity index (χ3v) is 1.65. The van der Waals surface area contributed by atoms with Crippen molar-refractivity contribution in [3.05, 3.63) is 0 Å². The fourth-order valence-corrected chi connectivity index (χ4v) is 1.02. The van der Waals surface area contributed by atoms with Crippen LogP contribution in [-0.2, 0) is 9.47 Å². The van der Waals surface area contributed by atoms with Crippen LogP contribution >= 0.6 is 0 Å². The summed E-state index contributed by atoms with van der Waals surface area (Å²) >= 11 is 0.